The molecule has 3 amide bonds. The molecule has 11 heteroatoms. The molecule has 0 aromatic carbocycles. The molecule has 38 heavy (non-hydrogen) atoms. The number of carbonyl (C=O) groups is 4. The molecule has 4 N–H and O–H groups in total. The third-order valence-electron chi connectivity index (χ3n) is 5.18. The Kier molecular flexibility index (Phi) is 19.8. The van der Waals surface area contributed by atoms with Gasteiger partial charge < -0.3 is 30.4 Å². The highest BCUT2D eigenvalue weighted by Gasteiger charge is 2.28. The minimum atomic E-state index is -0.543. The summed E-state index contributed by atoms with van der Waals surface area (Å²) in [5, 5.41) is 2.68. The molecule has 0 radical (unpaired) electrons. The van der Waals surface area contributed by atoms with Crippen molar-refractivity contribution in [2.75, 3.05) is 52.7 Å². The number of rotatable bonds is 19. The van der Waals surface area contributed by atoms with E-state index in [0.717, 1.165) is 4.90 Å². The van der Waals surface area contributed by atoms with E-state index >= 15 is 0 Å². The molecule has 0 aromatic rings. The molecular weight excluding hydrogens is 494 g/mol. The predicted octanol–water partition coefficient (Wildman–Crippen LogP) is 2.84. The van der Waals surface area contributed by atoms with E-state index < -0.39 is 23.0 Å². The molecule has 0 aromatic heterocycles. The quantitative estimate of drug-likeness (QED) is 0.184. The van der Waals surface area contributed by atoms with Gasteiger partial charge in [0.05, 0.1) is 50.8 Å². The Morgan fingerprint density at radius 2 is 1.39 bits per heavy atom. The number of ether oxygens (including phenoxy) is 4. The molecule has 0 saturated heterocycles. The summed E-state index contributed by atoms with van der Waals surface area (Å²) in [6.45, 7) is 18.1. The largest absolute Gasteiger partial charge is 0.377 e. The van der Waals surface area contributed by atoms with Crippen LogP contribution in [0.3, 0.4) is 0 Å². The number of hydrogen-bond donors (Lipinski definition) is 2. The zero-order valence-corrected chi connectivity index (χ0v) is 24.7. The van der Waals surface area contributed by atoms with Crippen molar-refractivity contribution in [2.24, 2.45) is 5.92 Å². The number of imide groups is 1. The molecule has 0 bridgehead atoms. The van der Waals surface area contributed by atoms with Crippen LogP contribution in [0.5, 0.6) is 0 Å². The van der Waals surface area contributed by atoms with Gasteiger partial charge in [0.25, 0.3) is 11.8 Å². The molecule has 1 heterocycles. The second-order valence-electron chi connectivity index (χ2n) is 9.94. The molecule has 0 atom stereocenters. The van der Waals surface area contributed by atoms with Crippen molar-refractivity contribution < 1.29 is 38.1 Å². The molecular formula is C27H51N3O8. The van der Waals surface area contributed by atoms with Gasteiger partial charge >= 0.3 is 0 Å². The minimum Gasteiger partial charge on any atom is -0.377 e. The second-order valence-corrected chi connectivity index (χ2v) is 9.94. The van der Waals surface area contributed by atoms with Gasteiger partial charge in [0.1, 0.15) is 5.78 Å². The number of nitrogens with zero attached hydrogens (tertiary/aromatic N) is 1. The lowest BCUT2D eigenvalue weighted by Gasteiger charge is -2.32. The molecule has 0 spiro atoms. The zero-order valence-electron chi connectivity index (χ0n) is 24.7. The van der Waals surface area contributed by atoms with Crippen LogP contribution < -0.4 is 11.5 Å². The molecule has 0 aliphatic carbocycles. The molecule has 0 unspecified atom stereocenters. The molecule has 0 fully saturated rings. The fraction of sp³-hybridized carbons (Fsp3) is 0.778. The van der Waals surface area contributed by atoms with Crippen molar-refractivity contribution >= 4 is 23.5 Å². The summed E-state index contributed by atoms with van der Waals surface area (Å²) in [5.74, 6) is -0.876. The Morgan fingerprint density at radius 3 is 1.95 bits per heavy atom. The van der Waals surface area contributed by atoms with Gasteiger partial charge in [0, 0.05) is 44.0 Å². The summed E-state index contributed by atoms with van der Waals surface area (Å²) >= 11 is 0. The summed E-state index contributed by atoms with van der Waals surface area (Å²) in [6, 6.07) is 0. The van der Waals surface area contributed by atoms with Gasteiger partial charge in [0.15, 0.2) is 0 Å². The average molecular weight is 546 g/mol. The zero-order chi connectivity index (χ0) is 28.5. The van der Waals surface area contributed by atoms with Crippen molar-refractivity contribution in [3.8, 4) is 0 Å². The third kappa shape index (κ3) is 17.4. The maximum atomic E-state index is 12.0. The van der Waals surface area contributed by atoms with Gasteiger partial charge in [-0.25, -0.2) is 0 Å². The van der Waals surface area contributed by atoms with E-state index in [1.54, 1.807) is 0 Å². The van der Waals surface area contributed by atoms with E-state index in [4.69, 9.17) is 18.9 Å². The van der Waals surface area contributed by atoms with Crippen LogP contribution in [0.25, 0.3) is 0 Å². The lowest BCUT2D eigenvalue weighted by atomic mass is 9.95. The number of nitrogens with one attached hydrogen (secondary N) is 1. The highest BCUT2D eigenvalue weighted by molar-refractivity contribution is 6.13. The number of amides is 3. The summed E-state index contributed by atoms with van der Waals surface area (Å²) < 4.78 is 22.7. The molecule has 1 rings (SSSR count). The van der Waals surface area contributed by atoms with Crippen molar-refractivity contribution in [3.05, 3.63) is 12.2 Å². The van der Waals surface area contributed by atoms with Crippen molar-refractivity contribution in [1.82, 2.24) is 16.4 Å². The number of ketones is 1. The van der Waals surface area contributed by atoms with Gasteiger partial charge in [-0.15, -0.1) is 0 Å². The maximum Gasteiger partial charge on any atom is 0.253 e. The van der Waals surface area contributed by atoms with E-state index in [1.807, 2.05) is 55.4 Å². The standard InChI is InChI=1S/C25H42N2O8.C2H6.H3N/c1-19(2)20(28)17-24(3,4)35-18-25(5,6)34-16-15-33-14-13-32-12-10-26-21(29)9-11-27-22(30)7-8-23(27)31;1-2;/h7-8,19H,9-18H2,1-6H3,(H,26,29);1-2H3;1H3. The van der Waals surface area contributed by atoms with Crippen LogP contribution in [0.15, 0.2) is 12.2 Å². The van der Waals surface area contributed by atoms with Crippen LogP contribution in [0.1, 0.15) is 68.2 Å². The Hall–Kier alpha value is -2.18. The molecule has 11 nitrogen and oxygen atoms in total. The van der Waals surface area contributed by atoms with E-state index in [1.165, 1.54) is 12.2 Å². The summed E-state index contributed by atoms with van der Waals surface area (Å²) in [5.41, 5.74) is -1.05. The molecule has 1 aliphatic rings. The smallest absolute Gasteiger partial charge is 0.253 e. The topological polar surface area (TPSA) is 155 Å². The normalized spacial score (nSPS) is 13.3. The first-order chi connectivity index (χ1) is 17.3. The fourth-order valence-electron chi connectivity index (χ4n) is 3.00. The summed E-state index contributed by atoms with van der Waals surface area (Å²) in [6.07, 6.45) is 2.81. The monoisotopic (exact) mass is 545 g/mol. The Morgan fingerprint density at radius 1 is 0.868 bits per heavy atom. The number of Topliss-reactive ketones (excluding diaryl/α,β-unsaturated/α-hetero) is 1. The molecule has 1 aliphatic heterocycles. The first-order valence-corrected chi connectivity index (χ1v) is 13.1. The van der Waals surface area contributed by atoms with Crippen LogP contribution in [0.4, 0.5) is 0 Å². The first kappa shape index (κ1) is 38.0. The first-order valence-electron chi connectivity index (χ1n) is 13.1. The van der Waals surface area contributed by atoms with Gasteiger partial charge in [-0.3, -0.25) is 24.1 Å². The van der Waals surface area contributed by atoms with Crippen LogP contribution in [0.2, 0.25) is 0 Å². The number of carbonyl (C=O) groups excluding carboxylic acids is 4. The fourth-order valence-corrected chi connectivity index (χ4v) is 3.00. The Bertz CT molecular complexity index is 733. The van der Waals surface area contributed by atoms with E-state index in [0.29, 0.717) is 52.6 Å². The molecule has 0 saturated carbocycles. The van der Waals surface area contributed by atoms with Crippen LogP contribution >= 0.6 is 0 Å². The van der Waals surface area contributed by atoms with Gasteiger partial charge in [-0.05, 0) is 27.7 Å². The van der Waals surface area contributed by atoms with Crippen LogP contribution in [-0.4, -0.2) is 92.3 Å². The predicted molar refractivity (Wildman–Crippen MR) is 146 cm³/mol. The third-order valence-corrected chi connectivity index (χ3v) is 5.18. The summed E-state index contributed by atoms with van der Waals surface area (Å²) in [7, 11) is 0. The van der Waals surface area contributed by atoms with Crippen LogP contribution in [0, 0.1) is 5.92 Å². The van der Waals surface area contributed by atoms with Crippen molar-refractivity contribution in [2.45, 2.75) is 79.4 Å². The van der Waals surface area contributed by atoms with Gasteiger partial charge in [-0.1, -0.05) is 27.7 Å². The molecule has 222 valence electrons. The lowest BCUT2D eigenvalue weighted by molar-refractivity contribution is -0.142. The Balaban J connectivity index is 0. The van der Waals surface area contributed by atoms with E-state index in [2.05, 4.69) is 5.32 Å². The minimum absolute atomic E-state index is 0. The average Bonchev–Trinajstić information content (AvgIpc) is 3.15. The van der Waals surface area contributed by atoms with Gasteiger partial charge in [-0.2, -0.15) is 0 Å². The SMILES string of the molecule is CC.CC(C)C(=O)CC(C)(C)OCC(C)(C)OCCOCCOCCNC(=O)CCN1C(=O)C=CC1=O.N. The highest BCUT2D eigenvalue weighted by atomic mass is 16.6. The van der Waals surface area contributed by atoms with Crippen molar-refractivity contribution in [3.63, 3.8) is 0 Å². The maximum absolute atomic E-state index is 12.0. The number of hydrogen-bond acceptors (Lipinski definition) is 9. The highest BCUT2D eigenvalue weighted by Crippen LogP contribution is 2.21. The lowest BCUT2D eigenvalue weighted by Crippen LogP contribution is -2.38. The summed E-state index contributed by atoms with van der Waals surface area (Å²) in [4.78, 5) is 47.6. The van der Waals surface area contributed by atoms with E-state index in [9.17, 15) is 19.2 Å². The van der Waals surface area contributed by atoms with E-state index in [-0.39, 0.29) is 36.7 Å². The Labute approximate surface area is 228 Å². The second kappa shape index (κ2) is 19.8. The van der Waals surface area contributed by atoms with Gasteiger partial charge in [0.2, 0.25) is 5.91 Å². The van der Waals surface area contributed by atoms with Crippen LogP contribution in [-0.2, 0) is 38.1 Å². The van der Waals surface area contributed by atoms with Crippen molar-refractivity contribution in [1.29, 1.82) is 0 Å².